The Morgan fingerprint density at radius 2 is 1.38 bits per heavy atom. The van der Waals surface area contributed by atoms with Crippen molar-refractivity contribution >= 4 is 23.8 Å². The molecule has 9 nitrogen and oxygen atoms in total. The van der Waals surface area contributed by atoms with E-state index in [0.717, 1.165) is 0 Å². The zero-order valence-corrected chi connectivity index (χ0v) is 15.6. The summed E-state index contributed by atoms with van der Waals surface area (Å²) < 4.78 is 21.6. The Kier molecular flexibility index (Phi) is 7.76. The molecule has 1 amide bonds. The molecule has 0 unspecified atom stereocenters. The van der Waals surface area contributed by atoms with E-state index in [1.165, 1.54) is 38.7 Å². The summed E-state index contributed by atoms with van der Waals surface area (Å²) in [6.07, 6.45) is -3.61. The molecule has 1 heterocycles. The first-order chi connectivity index (χ1) is 12.1. The zero-order chi connectivity index (χ0) is 20.0. The second-order valence-electron chi connectivity index (χ2n) is 5.91. The van der Waals surface area contributed by atoms with Gasteiger partial charge in [-0.1, -0.05) is 6.08 Å². The highest BCUT2D eigenvalue weighted by atomic mass is 16.7. The number of carbonyl (C=O) groups is 4. The second-order valence-corrected chi connectivity index (χ2v) is 5.91. The van der Waals surface area contributed by atoms with Crippen LogP contribution < -0.4 is 0 Å². The van der Waals surface area contributed by atoms with Crippen molar-refractivity contribution in [3.05, 3.63) is 12.7 Å². The van der Waals surface area contributed by atoms with Gasteiger partial charge in [0.2, 0.25) is 5.91 Å². The normalized spacial score (nSPS) is 27.8. The van der Waals surface area contributed by atoms with E-state index in [0.29, 0.717) is 0 Å². The van der Waals surface area contributed by atoms with Gasteiger partial charge in [-0.3, -0.25) is 19.2 Å². The Hall–Kier alpha value is -2.42. The third-order valence-electron chi connectivity index (χ3n) is 3.69. The van der Waals surface area contributed by atoms with Gasteiger partial charge < -0.3 is 23.8 Å². The maximum atomic E-state index is 12.0. The first-order valence-electron chi connectivity index (χ1n) is 8.13. The van der Waals surface area contributed by atoms with E-state index < -0.39 is 48.6 Å². The van der Waals surface area contributed by atoms with Crippen LogP contribution in [0.2, 0.25) is 0 Å². The van der Waals surface area contributed by atoms with Gasteiger partial charge in [-0.15, -0.1) is 6.58 Å². The first kappa shape index (κ1) is 21.6. The molecule has 0 N–H and O–H groups in total. The summed E-state index contributed by atoms with van der Waals surface area (Å²) >= 11 is 0. The maximum absolute atomic E-state index is 12.0. The van der Waals surface area contributed by atoms with Gasteiger partial charge in [0, 0.05) is 34.2 Å². The smallest absolute Gasteiger partial charge is 0.303 e. The van der Waals surface area contributed by atoms with Gasteiger partial charge in [0.1, 0.15) is 0 Å². The highest BCUT2D eigenvalue weighted by Gasteiger charge is 2.52. The van der Waals surface area contributed by atoms with Crippen LogP contribution in [0.4, 0.5) is 0 Å². The first-order valence-corrected chi connectivity index (χ1v) is 8.13. The van der Waals surface area contributed by atoms with Gasteiger partial charge in [0.15, 0.2) is 24.5 Å². The van der Waals surface area contributed by atoms with Crippen molar-refractivity contribution in [3.63, 3.8) is 0 Å². The Labute approximate surface area is 152 Å². The fourth-order valence-corrected chi connectivity index (χ4v) is 2.79. The van der Waals surface area contributed by atoms with E-state index in [1.54, 1.807) is 6.92 Å². The Balaban J connectivity index is 3.35. The maximum Gasteiger partial charge on any atom is 0.303 e. The molecule has 5 atom stereocenters. The summed E-state index contributed by atoms with van der Waals surface area (Å²) in [5.41, 5.74) is 0. The standard InChI is InChI=1S/C17H25NO8/c1-7-8-18(10(3)19)17-16(26-13(6)22)15(25-12(5)21)14(9(2)23-17)24-11(4)20/h7,9,14-17H,1,8H2,2-6H3/t9-,14+,15+,16-,17-/m1/s1. The van der Waals surface area contributed by atoms with Gasteiger partial charge in [0.25, 0.3) is 0 Å². The lowest BCUT2D eigenvalue weighted by Crippen LogP contribution is -2.65. The van der Waals surface area contributed by atoms with Crippen LogP contribution in [0.25, 0.3) is 0 Å². The third-order valence-corrected chi connectivity index (χ3v) is 3.69. The molecule has 9 heteroatoms. The number of carbonyl (C=O) groups excluding carboxylic acids is 4. The van der Waals surface area contributed by atoms with Gasteiger partial charge in [-0.2, -0.15) is 0 Å². The van der Waals surface area contributed by atoms with Crippen LogP contribution in [-0.2, 0) is 38.1 Å². The lowest BCUT2D eigenvalue weighted by atomic mass is 9.97. The SMILES string of the molecule is C=CCN(C(C)=O)[C@@H]1O[C@H](C)[C@H](OC(C)=O)[C@H](OC(C)=O)[C@H]1OC(C)=O. The van der Waals surface area contributed by atoms with Crippen LogP contribution in [-0.4, -0.2) is 65.9 Å². The van der Waals surface area contributed by atoms with Crippen LogP contribution >= 0.6 is 0 Å². The molecule has 0 bridgehead atoms. The Bertz CT molecular complexity index is 575. The van der Waals surface area contributed by atoms with Crippen LogP contribution in [0.3, 0.4) is 0 Å². The molecular formula is C17H25NO8. The minimum absolute atomic E-state index is 0.121. The zero-order valence-electron chi connectivity index (χ0n) is 15.6. The fraction of sp³-hybridized carbons (Fsp3) is 0.647. The molecule has 1 saturated heterocycles. The molecule has 0 aromatic rings. The lowest BCUT2D eigenvalue weighted by Gasteiger charge is -2.46. The average Bonchev–Trinajstić information content (AvgIpc) is 2.49. The molecule has 146 valence electrons. The summed E-state index contributed by atoms with van der Waals surface area (Å²) in [5.74, 6) is -2.29. The molecule has 0 aromatic heterocycles. The summed E-state index contributed by atoms with van der Waals surface area (Å²) in [6.45, 7) is 10.2. The largest absolute Gasteiger partial charge is 0.456 e. The number of esters is 3. The van der Waals surface area contributed by atoms with Crippen LogP contribution in [0.1, 0.15) is 34.6 Å². The van der Waals surface area contributed by atoms with Crippen molar-refractivity contribution in [3.8, 4) is 0 Å². The van der Waals surface area contributed by atoms with Crippen LogP contribution in [0, 0.1) is 0 Å². The van der Waals surface area contributed by atoms with Crippen molar-refractivity contribution in [1.82, 2.24) is 4.90 Å². The molecule has 26 heavy (non-hydrogen) atoms. The quantitative estimate of drug-likeness (QED) is 0.379. The number of rotatable bonds is 6. The highest BCUT2D eigenvalue weighted by Crippen LogP contribution is 2.30. The number of ether oxygens (including phenoxy) is 4. The topological polar surface area (TPSA) is 108 Å². The minimum Gasteiger partial charge on any atom is -0.456 e. The predicted molar refractivity (Wildman–Crippen MR) is 88.6 cm³/mol. The van der Waals surface area contributed by atoms with E-state index in [1.807, 2.05) is 0 Å². The van der Waals surface area contributed by atoms with Crippen molar-refractivity contribution in [2.75, 3.05) is 6.54 Å². The molecule has 0 aliphatic carbocycles. The van der Waals surface area contributed by atoms with Gasteiger partial charge in [-0.25, -0.2) is 0 Å². The Morgan fingerprint density at radius 1 is 0.923 bits per heavy atom. The molecule has 0 spiro atoms. The van der Waals surface area contributed by atoms with E-state index >= 15 is 0 Å². The molecule has 0 radical (unpaired) electrons. The summed E-state index contributed by atoms with van der Waals surface area (Å²) in [5, 5.41) is 0. The summed E-state index contributed by atoms with van der Waals surface area (Å²) in [6, 6.07) is 0. The minimum atomic E-state index is -1.18. The van der Waals surface area contributed by atoms with E-state index in [2.05, 4.69) is 6.58 Å². The molecule has 1 fully saturated rings. The van der Waals surface area contributed by atoms with Gasteiger partial charge >= 0.3 is 17.9 Å². The van der Waals surface area contributed by atoms with Crippen molar-refractivity contribution < 1.29 is 38.1 Å². The molecule has 1 aliphatic rings. The van der Waals surface area contributed by atoms with E-state index in [9.17, 15) is 19.2 Å². The molecule has 1 aliphatic heterocycles. The average molecular weight is 371 g/mol. The second kappa shape index (κ2) is 9.33. The predicted octanol–water partition coefficient (Wildman–Crippen LogP) is 0.561. The number of hydrogen-bond donors (Lipinski definition) is 0. The number of hydrogen-bond acceptors (Lipinski definition) is 8. The molecule has 0 saturated carbocycles. The fourth-order valence-electron chi connectivity index (χ4n) is 2.79. The molecule has 1 rings (SSSR count). The molecular weight excluding hydrogens is 346 g/mol. The van der Waals surface area contributed by atoms with Crippen molar-refractivity contribution in [2.45, 2.75) is 65.3 Å². The van der Waals surface area contributed by atoms with E-state index in [-0.39, 0.29) is 12.5 Å². The van der Waals surface area contributed by atoms with Gasteiger partial charge in [0.05, 0.1) is 6.10 Å². The van der Waals surface area contributed by atoms with Crippen LogP contribution in [0.5, 0.6) is 0 Å². The van der Waals surface area contributed by atoms with Crippen molar-refractivity contribution in [2.24, 2.45) is 0 Å². The van der Waals surface area contributed by atoms with E-state index in [4.69, 9.17) is 18.9 Å². The summed E-state index contributed by atoms with van der Waals surface area (Å²) in [4.78, 5) is 47.9. The highest BCUT2D eigenvalue weighted by molar-refractivity contribution is 5.74. The third kappa shape index (κ3) is 5.55. The Morgan fingerprint density at radius 3 is 1.81 bits per heavy atom. The summed E-state index contributed by atoms with van der Waals surface area (Å²) in [7, 11) is 0. The van der Waals surface area contributed by atoms with Crippen molar-refractivity contribution in [1.29, 1.82) is 0 Å². The number of amides is 1. The lowest BCUT2D eigenvalue weighted by molar-refractivity contribution is -0.266. The molecule has 0 aromatic carbocycles. The van der Waals surface area contributed by atoms with Crippen LogP contribution in [0.15, 0.2) is 12.7 Å². The monoisotopic (exact) mass is 371 g/mol. The number of nitrogens with zero attached hydrogens (tertiary/aromatic N) is 1. The van der Waals surface area contributed by atoms with Gasteiger partial charge in [-0.05, 0) is 6.92 Å².